The van der Waals surface area contributed by atoms with Gasteiger partial charge in [-0.15, -0.1) is 0 Å². The topological polar surface area (TPSA) is 185 Å². The fraction of sp³-hybridized carbons (Fsp3) is 0.167. The lowest BCUT2D eigenvalue weighted by atomic mass is 10.1. The van der Waals surface area contributed by atoms with Crippen LogP contribution < -0.4 is 22.5 Å². The first-order valence-corrected chi connectivity index (χ1v) is 5.66. The van der Waals surface area contributed by atoms with Crippen molar-refractivity contribution in [2.45, 2.75) is 13.8 Å². The molecule has 0 aliphatic rings. The second-order valence-electron chi connectivity index (χ2n) is 3.59. The van der Waals surface area contributed by atoms with E-state index in [0.717, 1.165) is 0 Å². The van der Waals surface area contributed by atoms with Gasteiger partial charge in [0.05, 0.1) is 11.1 Å². The zero-order valence-electron chi connectivity index (χ0n) is 12.0. The standard InChI is InChI=1S/C8H6O4.2C2H6N2O/c9-7(10)5-1-2-6(4-3-5)8(11)12;2*1-2(5)4-3/h1-4H,(H,9,10)(H,11,12);2*3H2,1H3,(H,4,5). The van der Waals surface area contributed by atoms with Crippen molar-refractivity contribution < 1.29 is 29.4 Å². The van der Waals surface area contributed by atoms with Crippen molar-refractivity contribution in [3.8, 4) is 0 Å². The molecule has 0 atom stereocenters. The second kappa shape index (κ2) is 11.8. The third-order valence-corrected chi connectivity index (χ3v) is 1.79. The molecule has 0 spiro atoms. The number of aromatic carboxylic acids is 2. The zero-order valence-corrected chi connectivity index (χ0v) is 12.0. The van der Waals surface area contributed by atoms with E-state index in [1.165, 1.54) is 38.1 Å². The molecule has 1 rings (SSSR count). The molecule has 22 heavy (non-hydrogen) atoms. The Hall–Kier alpha value is -2.98. The summed E-state index contributed by atoms with van der Waals surface area (Å²) in [6.45, 7) is 2.69. The van der Waals surface area contributed by atoms with Crippen molar-refractivity contribution in [2.75, 3.05) is 0 Å². The molecule has 1 aromatic carbocycles. The molecule has 0 aliphatic heterocycles. The van der Waals surface area contributed by atoms with Crippen molar-refractivity contribution in [3.63, 3.8) is 0 Å². The molecule has 2 amide bonds. The largest absolute Gasteiger partial charge is 0.478 e. The van der Waals surface area contributed by atoms with Gasteiger partial charge in [-0.3, -0.25) is 20.4 Å². The van der Waals surface area contributed by atoms with E-state index in [2.05, 4.69) is 11.7 Å². The van der Waals surface area contributed by atoms with Crippen LogP contribution in [-0.2, 0) is 9.59 Å². The van der Waals surface area contributed by atoms with E-state index in [1.54, 1.807) is 0 Å². The fourth-order valence-corrected chi connectivity index (χ4v) is 0.755. The number of carbonyl (C=O) groups excluding carboxylic acids is 2. The van der Waals surface area contributed by atoms with Crippen LogP contribution in [0, 0.1) is 0 Å². The third kappa shape index (κ3) is 12.1. The van der Waals surface area contributed by atoms with E-state index in [4.69, 9.17) is 10.2 Å². The highest BCUT2D eigenvalue weighted by Gasteiger charge is 2.04. The summed E-state index contributed by atoms with van der Waals surface area (Å²) >= 11 is 0. The lowest BCUT2D eigenvalue weighted by Crippen LogP contribution is -2.26. The molecule has 0 fully saturated rings. The van der Waals surface area contributed by atoms with Gasteiger partial charge in [0.2, 0.25) is 11.8 Å². The van der Waals surface area contributed by atoms with Crippen LogP contribution in [0.15, 0.2) is 24.3 Å². The van der Waals surface area contributed by atoms with Gasteiger partial charge < -0.3 is 10.2 Å². The van der Waals surface area contributed by atoms with Crippen LogP contribution in [0.2, 0.25) is 0 Å². The highest BCUT2D eigenvalue weighted by Crippen LogP contribution is 2.03. The average molecular weight is 314 g/mol. The Bertz CT molecular complexity index is 468. The monoisotopic (exact) mass is 314 g/mol. The number of hydrogen-bond acceptors (Lipinski definition) is 6. The number of hydrazine groups is 2. The van der Waals surface area contributed by atoms with Gasteiger partial charge in [-0.25, -0.2) is 21.3 Å². The summed E-state index contributed by atoms with van der Waals surface area (Å²) < 4.78 is 0. The molecule has 0 aliphatic carbocycles. The van der Waals surface area contributed by atoms with E-state index in [0.29, 0.717) is 0 Å². The number of nitrogens with one attached hydrogen (secondary N) is 2. The molecule has 0 heterocycles. The highest BCUT2D eigenvalue weighted by atomic mass is 16.4. The smallest absolute Gasteiger partial charge is 0.335 e. The molecule has 8 N–H and O–H groups in total. The molecule has 0 saturated carbocycles. The van der Waals surface area contributed by atoms with Crippen LogP contribution in [0.5, 0.6) is 0 Å². The number of carboxylic acid groups (broad SMARTS) is 2. The van der Waals surface area contributed by atoms with E-state index >= 15 is 0 Å². The molecule has 0 radical (unpaired) electrons. The molecule has 10 heteroatoms. The maximum atomic E-state index is 10.3. The number of amides is 2. The number of nitrogens with two attached hydrogens (primary N) is 2. The molecular formula is C12H18N4O6. The van der Waals surface area contributed by atoms with Gasteiger partial charge in [0, 0.05) is 13.8 Å². The van der Waals surface area contributed by atoms with E-state index in [-0.39, 0.29) is 22.9 Å². The van der Waals surface area contributed by atoms with Crippen LogP contribution in [-0.4, -0.2) is 34.0 Å². The minimum atomic E-state index is -1.06. The summed E-state index contributed by atoms with van der Waals surface area (Å²) in [7, 11) is 0. The van der Waals surface area contributed by atoms with E-state index < -0.39 is 11.9 Å². The minimum Gasteiger partial charge on any atom is -0.478 e. The molecule has 1 aromatic rings. The predicted octanol–water partition coefficient (Wildman–Crippen LogP) is -0.925. The Labute approximate surface area is 126 Å². The summed E-state index contributed by atoms with van der Waals surface area (Å²) in [4.78, 5) is 39.8. The Morgan fingerprint density at radius 2 is 0.955 bits per heavy atom. The second-order valence-corrected chi connectivity index (χ2v) is 3.59. The van der Waals surface area contributed by atoms with Crippen LogP contribution in [0.3, 0.4) is 0 Å². The van der Waals surface area contributed by atoms with Crippen LogP contribution in [0.25, 0.3) is 0 Å². The fourth-order valence-electron chi connectivity index (χ4n) is 0.755. The van der Waals surface area contributed by atoms with Gasteiger partial charge in [0.1, 0.15) is 0 Å². The van der Waals surface area contributed by atoms with Gasteiger partial charge in [-0.1, -0.05) is 0 Å². The van der Waals surface area contributed by atoms with Crippen molar-refractivity contribution in [1.29, 1.82) is 0 Å². The number of benzene rings is 1. The first-order valence-electron chi connectivity index (χ1n) is 5.66. The summed E-state index contributed by atoms with van der Waals surface area (Å²) in [5.41, 5.74) is 3.94. The van der Waals surface area contributed by atoms with Crippen molar-refractivity contribution >= 4 is 23.8 Å². The molecular weight excluding hydrogens is 296 g/mol. The predicted molar refractivity (Wildman–Crippen MR) is 76.4 cm³/mol. The summed E-state index contributed by atoms with van der Waals surface area (Å²) in [6, 6.07) is 5.02. The summed E-state index contributed by atoms with van der Waals surface area (Å²) in [5.74, 6) is 6.58. The Morgan fingerprint density at radius 3 is 1.05 bits per heavy atom. The maximum Gasteiger partial charge on any atom is 0.335 e. The maximum absolute atomic E-state index is 10.3. The molecule has 0 aromatic heterocycles. The van der Waals surface area contributed by atoms with Gasteiger partial charge in [0.25, 0.3) is 0 Å². The first kappa shape index (κ1) is 21.3. The SMILES string of the molecule is CC(=O)NN.CC(=O)NN.O=C(O)c1ccc(C(=O)O)cc1. The first-order chi connectivity index (χ1) is 10.1. The average Bonchev–Trinajstić information content (AvgIpc) is 2.48. The van der Waals surface area contributed by atoms with Crippen molar-refractivity contribution in [3.05, 3.63) is 35.4 Å². The number of rotatable bonds is 2. The van der Waals surface area contributed by atoms with E-state index in [9.17, 15) is 19.2 Å². The number of carbonyl (C=O) groups is 4. The van der Waals surface area contributed by atoms with Crippen LogP contribution in [0.1, 0.15) is 34.6 Å². The Morgan fingerprint density at radius 1 is 0.773 bits per heavy atom. The van der Waals surface area contributed by atoms with Crippen molar-refractivity contribution in [1.82, 2.24) is 10.9 Å². The molecule has 0 bridgehead atoms. The number of carboxylic acids is 2. The molecule has 0 unspecified atom stereocenters. The number of hydrogen-bond donors (Lipinski definition) is 6. The zero-order chi connectivity index (χ0) is 17.7. The summed E-state index contributed by atoms with van der Waals surface area (Å²) in [5, 5.41) is 16.9. The highest BCUT2D eigenvalue weighted by molar-refractivity contribution is 5.91. The van der Waals surface area contributed by atoms with Gasteiger partial charge in [0.15, 0.2) is 0 Å². The van der Waals surface area contributed by atoms with Gasteiger partial charge in [-0.2, -0.15) is 0 Å². The van der Waals surface area contributed by atoms with Gasteiger partial charge >= 0.3 is 11.9 Å². The van der Waals surface area contributed by atoms with E-state index in [1.807, 2.05) is 10.9 Å². The lowest BCUT2D eigenvalue weighted by molar-refractivity contribution is -0.119. The van der Waals surface area contributed by atoms with Crippen LogP contribution >= 0.6 is 0 Å². The molecule has 0 saturated heterocycles. The minimum absolute atomic E-state index is 0.0833. The molecule has 10 nitrogen and oxygen atoms in total. The lowest BCUT2D eigenvalue weighted by Gasteiger charge is -1.94. The van der Waals surface area contributed by atoms with Crippen molar-refractivity contribution in [2.24, 2.45) is 11.7 Å². The van der Waals surface area contributed by atoms with Crippen LogP contribution in [0.4, 0.5) is 0 Å². The normalized spacial score (nSPS) is 8.18. The van der Waals surface area contributed by atoms with Gasteiger partial charge in [-0.05, 0) is 24.3 Å². The third-order valence-electron chi connectivity index (χ3n) is 1.79. The Kier molecular flexibility index (Phi) is 11.4. The quantitative estimate of drug-likeness (QED) is 0.230. The Balaban J connectivity index is 0. The molecule has 122 valence electrons. The summed E-state index contributed by atoms with van der Waals surface area (Å²) in [6.07, 6.45) is 0.